The van der Waals surface area contributed by atoms with Crippen molar-refractivity contribution in [1.29, 1.82) is 0 Å². The molecule has 1 atom stereocenters. The number of carbonyl (C=O) groups excluding carboxylic acids is 1. The maximum atomic E-state index is 13.9. The van der Waals surface area contributed by atoms with Crippen LogP contribution in [-0.4, -0.2) is 34.8 Å². The van der Waals surface area contributed by atoms with E-state index in [1.165, 1.54) is 41.0 Å². The molecule has 0 aliphatic carbocycles. The predicted octanol–water partition coefficient (Wildman–Crippen LogP) is 4.84. The van der Waals surface area contributed by atoms with Crippen molar-refractivity contribution >= 4 is 58.3 Å². The van der Waals surface area contributed by atoms with E-state index >= 15 is 0 Å². The second-order valence-electron chi connectivity index (χ2n) is 8.98. The van der Waals surface area contributed by atoms with Crippen LogP contribution in [0.5, 0.6) is 5.75 Å². The van der Waals surface area contributed by atoms with Crippen molar-refractivity contribution < 1.29 is 28.6 Å². The van der Waals surface area contributed by atoms with Crippen molar-refractivity contribution in [2.45, 2.75) is 13.0 Å². The minimum absolute atomic E-state index is 0.00207. The predicted molar refractivity (Wildman–Crippen MR) is 157 cm³/mol. The van der Waals surface area contributed by atoms with Gasteiger partial charge in [0.15, 0.2) is 17.2 Å². The number of fused-ring (bicyclic) bond motifs is 1. The molecule has 0 saturated carbocycles. The quantitative estimate of drug-likeness (QED) is 0.280. The van der Waals surface area contributed by atoms with Crippen molar-refractivity contribution in [2.75, 3.05) is 13.2 Å². The van der Waals surface area contributed by atoms with Crippen molar-refractivity contribution in [2.24, 2.45) is 4.99 Å². The standard InChI is InChI=1S/C30H21Cl2FN2O6S/c1-2-40-29(39)24-25(17-6-4-3-5-7-17)34-30-35(26(24)18-8-10-19(33)11-9-18)28(38)22(42-30)14-16-12-20(31)27(21(32)13-16)41-15-23(36)37/h3-14,26H,2,15H2,1H3,(H,36,37)/b22-14-/t26-/m0/s1. The molecule has 1 N–H and O–H groups in total. The highest BCUT2D eigenvalue weighted by Gasteiger charge is 2.35. The summed E-state index contributed by atoms with van der Waals surface area (Å²) in [6, 6.07) is 16.6. The van der Waals surface area contributed by atoms with Crippen LogP contribution in [0.3, 0.4) is 0 Å². The van der Waals surface area contributed by atoms with Crippen LogP contribution in [-0.2, 0) is 14.3 Å². The van der Waals surface area contributed by atoms with Crippen LogP contribution in [0.2, 0.25) is 10.0 Å². The molecular weight excluding hydrogens is 606 g/mol. The average Bonchev–Trinajstić information content (AvgIpc) is 3.26. The Morgan fingerprint density at radius 2 is 1.76 bits per heavy atom. The molecule has 214 valence electrons. The fourth-order valence-corrected chi connectivity index (χ4v) is 6.10. The number of ether oxygens (including phenoxy) is 2. The van der Waals surface area contributed by atoms with Gasteiger partial charge in [0.1, 0.15) is 5.82 Å². The molecule has 0 bridgehead atoms. The molecule has 0 amide bonds. The maximum Gasteiger partial charge on any atom is 0.341 e. The summed E-state index contributed by atoms with van der Waals surface area (Å²) in [6.07, 6.45) is 1.56. The second kappa shape index (κ2) is 12.3. The van der Waals surface area contributed by atoms with E-state index in [-0.39, 0.29) is 32.5 Å². The molecule has 3 aromatic carbocycles. The van der Waals surface area contributed by atoms with Gasteiger partial charge in [-0.15, -0.1) is 0 Å². The highest BCUT2D eigenvalue weighted by atomic mass is 35.5. The molecule has 1 aromatic heterocycles. The Balaban J connectivity index is 1.74. The van der Waals surface area contributed by atoms with Gasteiger partial charge in [-0.05, 0) is 48.4 Å². The van der Waals surface area contributed by atoms with E-state index in [9.17, 15) is 18.8 Å². The summed E-state index contributed by atoms with van der Waals surface area (Å²) < 4.78 is 26.1. The number of benzene rings is 3. The number of nitrogens with zero attached hydrogens (tertiary/aromatic N) is 2. The summed E-state index contributed by atoms with van der Waals surface area (Å²) in [5.41, 5.74) is 1.59. The lowest BCUT2D eigenvalue weighted by Crippen LogP contribution is -2.40. The largest absolute Gasteiger partial charge is 0.479 e. The maximum absolute atomic E-state index is 13.9. The Kier molecular flexibility index (Phi) is 8.58. The summed E-state index contributed by atoms with van der Waals surface area (Å²) in [5.74, 6) is -2.32. The van der Waals surface area contributed by atoms with E-state index in [0.717, 1.165) is 11.3 Å². The highest BCUT2D eigenvalue weighted by molar-refractivity contribution is 7.07. The molecule has 0 radical (unpaired) electrons. The number of esters is 1. The molecule has 5 rings (SSSR count). The first-order chi connectivity index (χ1) is 20.2. The number of hydrogen-bond donors (Lipinski definition) is 1. The van der Waals surface area contributed by atoms with E-state index < -0.39 is 36.0 Å². The van der Waals surface area contributed by atoms with Crippen LogP contribution in [0.25, 0.3) is 11.8 Å². The molecule has 0 spiro atoms. The molecule has 42 heavy (non-hydrogen) atoms. The van der Waals surface area contributed by atoms with Gasteiger partial charge in [-0.2, -0.15) is 0 Å². The first-order valence-electron chi connectivity index (χ1n) is 12.6. The summed E-state index contributed by atoms with van der Waals surface area (Å²) in [7, 11) is 0. The molecular formula is C30H21Cl2FN2O6S. The van der Waals surface area contributed by atoms with Crippen LogP contribution in [0.4, 0.5) is 4.39 Å². The van der Waals surface area contributed by atoms with Crippen LogP contribution in [0.1, 0.15) is 29.7 Å². The number of carboxylic acid groups (broad SMARTS) is 1. The van der Waals surface area contributed by atoms with E-state index in [2.05, 4.69) is 0 Å². The third-order valence-electron chi connectivity index (χ3n) is 6.22. The fraction of sp³-hybridized carbons (Fsp3) is 0.133. The van der Waals surface area contributed by atoms with Gasteiger partial charge >= 0.3 is 11.9 Å². The summed E-state index contributed by atoms with van der Waals surface area (Å²) in [5, 5.41) is 9.01. The number of aliphatic carboxylic acids is 1. The zero-order chi connectivity index (χ0) is 30.0. The van der Waals surface area contributed by atoms with Gasteiger partial charge in [0.25, 0.3) is 5.56 Å². The molecule has 0 saturated heterocycles. The molecule has 1 aliphatic rings. The SMILES string of the molecule is CCOC(=O)C1=C(c2ccccc2)N=c2s/c(=C\c3cc(Cl)c(OCC(=O)O)c(Cl)c3)c(=O)n2[C@H]1c1ccc(F)cc1. The zero-order valence-corrected chi connectivity index (χ0v) is 24.2. The lowest BCUT2D eigenvalue weighted by Gasteiger charge is -2.25. The van der Waals surface area contributed by atoms with Crippen LogP contribution >= 0.6 is 34.5 Å². The minimum atomic E-state index is -1.19. The van der Waals surface area contributed by atoms with Crippen molar-refractivity contribution in [3.63, 3.8) is 0 Å². The van der Waals surface area contributed by atoms with Gasteiger partial charge in [-0.3, -0.25) is 9.36 Å². The van der Waals surface area contributed by atoms with Gasteiger partial charge < -0.3 is 14.6 Å². The number of hydrogen-bond acceptors (Lipinski definition) is 7. The van der Waals surface area contributed by atoms with Gasteiger partial charge in [0, 0.05) is 5.56 Å². The molecule has 0 unspecified atom stereocenters. The molecule has 1 aliphatic heterocycles. The van der Waals surface area contributed by atoms with Crippen LogP contribution in [0, 0.1) is 5.82 Å². The van der Waals surface area contributed by atoms with Crippen LogP contribution in [0.15, 0.2) is 82.1 Å². The van der Waals surface area contributed by atoms with Crippen molar-refractivity contribution in [3.8, 4) is 5.75 Å². The average molecular weight is 627 g/mol. The van der Waals surface area contributed by atoms with E-state index in [1.807, 2.05) is 6.07 Å². The number of thiazole rings is 1. The molecule has 0 fully saturated rings. The highest BCUT2D eigenvalue weighted by Crippen LogP contribution is 2.36. The topological polar surface area (TPSA) is 107 Å². The molecule has 8 nitrogen and oxygen atoms in total. The fourth-order valence-electron chi connectivity index (χ4n) is 4.49. The van der Waals surface area contributed by atoms with Crippen molar-refractivity contribution in [3.05, 3.63) is 125 Å². The second-order valence-corrected chi connectivity index (χ2v) is 10.8. The lowest BCUT2D eigenvalue weighted by atomic mass is 9.93. The molecule has 2 heterocycles. The van der Waals surface area contributed by atoms with Crippen LogP contribution < -0.4 is 19.6 Å². The van der Waals surface area contributed by atoms with Gasteiger partial charge in [-0.1, -0.05) is 77.0 Å². The first-order valence-corrected chi connectivity index (χ1v) is 14.1. The number of aromatic nitrogens is 1. The Hall–Kier alpha value is -4.25. The summed E-state index contributed by atoms with van der Waals surface area (Å²) in [6.45, 7) is 1.14. The lowest BCUT2D eigenvalue weighted by molar-refractivity contribution is -0.140. The van der Waals surface area contributed by atoms with E-state index in [0.29, 0.717) is 27.2 Å². The van der Waals surface area contributed by atoms with Crippen molar-refractivity contribution in [1.82, 2.24) is 4.57 Å². The van der Waals surface area contributed by atoms with Gasteiger partial charge in [-0.25, -0.2) is 19.0 Å². The first kappa shape index (κ1) is 29.2. The Labute approximate surface area is 252 Å². The normalized spacial score (nSPS) is 14.8. The number of carbonyl (C=O) groups is 2. The monoisotopic (exact) mass is 626 g/mol. The number of carboxylic acids is 1. The Morgan fingerprint density at radius 1 is 1.10 bits per heavy atom. The van der Waals surface area contributed by atoms with E-state index in [4.69, 9.17) is 42.8 Å². The Bertz CT molecular complexity index is 1880. The molecule has 12 heteroatoms. The molecule has 4 aromatic rings. The smallest absolute Gasteiger partial charge is 0.341 e. The summed E-state index contributed by atoms with van der Waals surface area (Å²) in [4.78, 5) is 43.3. The third-order valence-corrected chi connectivity index (χ3v) is 7.76. The number of halogens is 3. The minimum Gasteiger partial charge on any atom is -0.479 e. The summed E-state index contributed by atoms with van der Waals surface area (Å²) >= 11 is 13.7. The van der Waals surface area contributed by atoms with Gasteiger partial charge in [0.05, 0.1) is 38.5 Å². The zero-order valence-electron chi connectivity index (χ0n) is 21.8. The third kappa shape index (κ3) is 5.87. The Morgan fingerprint density at radius 3 is 2.38 bits per heavy atom. The van der Waals surface area contributed by atoms with Gasteiger partial charge in [0.2, 0.25) is 0 Å². The number of rotatable bonds is 8. The van der Waals surface area contributed by atoms with E-state index in [1.54, 1.807) is 37.3 Å².